The molecule has 0 bridgehead atoms. The van der Waals surface area contributed by atoms with Crippen LogP contribution in [0.15, 0.2) is 18.2 Å². The Morgan fingerprint density at radius 2 is 1.67 bits per heavy atom. The first-order valence-corrected chi connectivity index (χ1v) is 11.0. The Hall–Kier alpha value is -2.57. The highest BCUT2D eigenvalue weighted by Crippen LogP contribution is 2.38. The van der Waals surface area contributed by atoms with Gasteiger partial charge in [0.25, 0.3) is 0 Å². The van der Waals surface area contributed by atoms with E-state index in [1.54, 1.807) is 0 Å². The molecule has 2 fully saturated rings. The number of hydrogen-bond donors (Lipinski definition) is 1. The van der Waals surface area contributed by atoms with E-state index >= 15 is 0 Å². The predicted octanol–water partition coefficient (Wildman–Crippen LogP) is 3.23. The molecule has 2 aliphatic rings. The Morgan fingerprint density at radius 3 is 2.27 bits per heavy atom. The third-order valence-corrected chi connectivity index (χ3v) is 5.94. The maximum atomic E-state index is 12.5. The van der Waals surface area contributed by atoms with Crippen molar-refractivity contribution in [3.8, 4) is 11.5 Å². The van der Waals surface area contributed by atoms with Crippen LogP contribution in [-0.4, -0.2) is 42.4 Å². The number of benzene rings is 1. The van der Waals surface area contributed by atoms with E-state index in [2.05, 4.69) is 5.32 Å². The molecule has 0 spiro atoms. The number of carbonyl (C=O) groups excluding carboxylic acids is 3. The van der Waals surface area contributed by atoms with Crippen LogP contribution in [0.2, 0.25) is 0 Å². The first-order valence-electron chi connectivity index (χ1n) is 11.0. The van der Waals surface area contributed by atoms with Crippen molar-refractivity contribution in [2.24, 2.45) is 11.8 Å². The summed E-state index contributed by atoms with van der Waals surface area (Å²) in [4.78, 5) is 38.9. The van der Waals surface area contributed by atoms with Gasteiger partial charge >= 0.3 is 0 Å². The minimum absolute atomic E-state index is 0.0987. The van der Waals surface area contributed by atoms with Crippen LogP contribution >= 0.6 is 0 Å². The Labute approximate surface area is 178 Å². The monoisotopic (exact) mass is 416 g/mol. The molecule has 0 unspecified atom stereocenters. The van der Waals surface area contributed by atoms with Gasteiger partial charge < -0.3 is 14.8 Å². The predicted molar refractivity (Wildman–Crippen MR) is 112 cm³/mol. The molecule has 1 aliphatic carbocycles. The molecule has 1 aromatic rings. The van der Waals surface area contributed by atoms with Gasteiger partial charge in [0.2, 0.25) is 17.7 Å². The summed E-state index contributed by atoms with van der Waals surface area (Å²) >= 11 is 0. The van der Waals surface area contributed by atoms with Gasteiger partial charge in [-0.05, 0) is 51.3 Å². The average molecular weight is 417 g/mol. The molecule has 7 nitrogen and oxygen atoms in total. The van der Waals surface area contributed by atoms with Crippen molar-refractivity contribution in [2.75, 3.05) is 19.8 Å². The van der Waals surface area contributed by atoms with E-state index in [4.69, 9.17) is 9.47 Å². The molecule has 3 atom stereocenters. The smallest absolute Gasteiger partial charge is 0.233 e. The number of ether oxygens (including phenoxy) is 2. The van der Waals surface area contributed by atoms with E-state index in [1.807, 2.05) is 39.0 Å². The maximum absolute atomic E-state index is 12.5. The number of imide groups is 1. The molecule has 1 saturated carbocycles. The molecule has 1 heterocycles. The quantitative estimate of drug-likeness (QED) is 0.625. The molecule has 7 heteroatoms. The third kappa shape index (κ3) is 4.77. The fraction of sp³-hybridized carbons (Fsp3) is 0.609. The van der Waals surface area contributed by atoms with Crippen LogP contribution in [0.4, 0.5) is 0 Å². The molecule has 30 heavy (non-hydrogen) atoms. The van der Waals surface area contributed by atoms with Crippen LogP contribution in [-0.2, 0) is 14.4 Å². The second-order valence-electron chi connectivity index (χ2n) is 7.94. The zero-order chi connectivity index (χ0) is 21.7. The number of nitrogens with one attached hydrogen (secondary N) is 1. The van der Waals surface area contributed by atoms with Gasteiger partial charge in [-0.2, -0.15) is 0 Å². The average Bonchev–Trinajstić information content (AvgIpc) is 2.98. The number of rotatable bonds is 9. The van der Waals surface area contributed by atoms with Crippen molar-refractivity contribution in [2.45, 2.75) is 58.9 Å². The SMILES string of the molecule is CCOc1ccc([C@@H](C)NC(=O)CCN2C(=O)[C@H]3CCCC[C@H]3C2=O)cc1OCC. The number of nitrogens with zero attached hydrogens (tertiary/aromatic N) is 1. The summed E-state index contributed by atoms with van der Waals surface area (Å²) in [6, 6.07) is 5.38. The van der Waals surface area contributed by atoms with Crippen molar-refractivity contribution >= 4 is 17.7 Å². The highest BCUT2D eigenvalue weighted by Gasteiger charge is 2.47. The summed E-state index contributed by atoms with van der Waals surface area (Å²) in [6.45, 7) is 6.92. The zero-order valence-corrected chi connectivity index (χ0v) is 18.1. The molecule has 0 radical (unpaired) electrons. The fourth-order valence-corrected chi connectivity index (χ4v) is 4.40. The van der Waals surface area contributed by atoms with E-state index in [1.165, 1.54) is 4.90 Å². The second kappa shape index (κ2) is 9.96. The van der Waals surface area contributed by atoms with Gasteiger partial charge in [-0.3, -0.25) is 19.3 Å². The Kier molecular flexibility index (Phi) is 7.34. The largest absolute Gasteiger partial charge is 0.490 e. The van der Waals surface area contributed by atoms with Gasteiger partial charge in [-0.15, -0.1) is 0 Å². The fourth-order valence-electron chi connectivity index (χ4n) is 4.40. The van der Waals surface area contributed by atoms with Crippen LogP contribution < -0.4 is 14.8 Å². The summed E-state index contributed by atoms with van der Waals surface area (Å²) < 4.78 is 11.2. The highest BCUT2D eigenvalue weighted by molar-refractivity contribution is 6.05. The molecule has 164 valence electrons. The van der Waals surface area contributed by atoms with Crippen molar-refractivity contribution in [3.05, 3.63) is 23.8 Å². The van der Waals surface area contributed by atoms with Gasteiger partial charge in [0.05, 0.1) is 31.1 Å². The lowest BCUT2D eigenvalue weighted by Gasteiger charge is -2.19. The highest BCUT2D eigenvalue weighted by atomic mass is 16.5. The summed E-state index contributed by atoms with van der Waals surface area (Å²) in [5, 5.41) is 2.95. The normalized spacial score (nSPS) is 21.9. The Bertz CT molecular complexity index is 770. The number of likely N-dealkylation sites (tertiary alicyclic amines) is 1. The van der Waals surface area contributed by atoms with E-state index < -0.39 is 0 Å². The summed E-state index contributed by atoms with van der Waals surface area (Å²) in [5.74, 6) is 0.591. The standard InChI is InChI=1S/C23H32N2O5/c1-4-29-19-11-10-16(14-20(19)30-5-2)15(3)24-21(26)12-13-25-22(27)17-8-6-7-9-18(17)23(25)28/h10-11,14-15,17-18H,4-9,12-13H2,1-3H3,(H,24,26)/t15-,17-,18+/m1/s1. The first kappa shape index (κ1) is 22.1. The summed E-state index contributed by atoms with van der Waals surface area (Å²) in [6.07, 6.45) is 3.68. The summed E-state index contributed by atoms with van der Waals surface area (Å²) in [7, 11) is 0. The minimum Gasteiger partial charge on any atom is -0.490 e. The van der Waals surface area contributed by atoms with Crippen LogP contribution in [0.1, 0.15) is 64.5 Å². The molecule has 1 aromatic carbocycles. The number of carbonyl (C=O) groups is 3. The van der Waals surface area contributed by atoms with E-state index in [0.717, 1.165) is 31.2 Å². The maximum Gasteiger partial charge on any atom is 0.233 e. The lowest BCUT2D eigenvalue weighted by molar-refractivity contribution is -0.140. The Morgan fingerprint density at radius 1 is 1.07 bits per heavy atom. The summed E-state index contributed by atoms with van der Waals surface area (Å²) in [5.41, 5.74) is 0.898. The minimum atomic E-state index is -0.236. The molecular formula is C23H32N2O5. The van der Waals surface area contributed by atoms with E-state index in [-0.39, 0.29) is 48.6 Å². The first-order chi connectivity index (χ1) is 14.5. The van der Waals surface area contributed by atoms with Crippen molar-refractivity contribution in [3.63, 3.8) is 0 Å². The van der Waals surface area contributed by atoms with Crippen LogP contribution in [0.25, 0.3) is 0 Å². The molecule has 1 saturated heterocycles. The van der Waals surface area contributed by atoms with Gasteiger partial charge in [-0.25, -0.2) is 0 Å². The van der Waals surface area contributed by atoms with E-state index in [0.29, 0.717) is 24.7 Å². The van der Waals surface area contributed by atoms with Gasteiger partial charge in [0.1, 0.15) is 0 Å². The molecular weight excluding hydrogens is 384 g/mol. The molecule has 0 aromatic heterocycles. The number of amides is 3. The molecule has 3 amide bonds. The number of hydrogen-bond acceptors (Lipinski definition) is 5. The van der Waals surface area contributed by atoms with Crippen LogP contribution in [0.3, 0.4) is 0 Å². The number of fused-ring (bicyclic) bond motifs is 1. The molecule has 1 N–H and O–H groups in total. The van der Waals surface area contributed by atoms with Crippen molar-refractivity contribution in [1.29, 1.82) is 0 Å². The van der Waals surface area contributed by atoms with Gasteiger partial charge in [-0.1, -0.05) is 18.9 Å². The topological polar surface area (TPSA) is 84.9 Å². The van der Waals surface area contributed by atoms with Crippen molar-refractivity contribution in [1.82, 2.24) is 10.2 Å². The van der Waals surface area contributed by atoms with E-state index in [9.17, 15) is 14.4 Å². The van der Waals surface area contributed by atoms with Gasteiger partial charge in [0, 0.05) is 13.0 Å². The van der Waals surface area contributed by atoms with Crippen molar-refractivity contribution < 1.29 is 23.9 Å². The molecule has 1 aliphatic heterocycles. The lowest BCUT2D eigenvalue weighted by Crippen LogP contribution is -2.36. The van der Waals surface area contributed by atoms with Crippen LogP contribution in [0.5, 0.6) is 11.5 Å². The zero-order valence-electron chi connectivity index (χ0n) is 18.1. The van der Waals surface area contributed by atoms with Gasteiger partial charge in [0.15, 0.2) is 11.5 Å². The lowest BCUT2D eigenvalue weighted by atomic mass is 9.81. The Balaban J connectivity index is 1.56. The van der Waals surface area contributed by atoms with Crippen LogP contribution in [0, 0.1) is 11.8 Å². The second-order valence-corrected chi connectivity index (χ2v) is 7.94. The molecule has 3 rings (SSSR count). The third-order valence-electron chi connectivity index (χ3n) is 5.94.